The first kappa shape index (κ1) is 8.67. The number of hydrogen-bond acceptors (Lipinski definition) is 1. The normalized spacial score (nSPS) is 7.56. The van der Waals surface area contributed by atoms with E-state index in [1.165, 1.54) is 11.3 Å². The van der Waals surface area contributed by atoms with Gasteiger partial charge in [-0.2, -0.15) is 0 Å². The van der Waals surface area contributed by atoms with Gasteiger partial charge in [-0.25, -0.2) is 4.85 Å². The van der Waals surface area contributed by atoms with Crippen LogP contribution in [-0.4, -0.2) is 0 Å². The van der Waals surface area contributed by atoms with Crippen molar-refractivity contribution in [2.24, 2.45) is 0 Å². The van der Waals surface area contributed by atoms with Crippen LogP contribution >= 0.6 is 27.3 Å². The molecule has 0 aromatic carbocycles. The molecular formula is C6H6BrNS. The summed E-state index contributed by atoms with van der Waals surface area (Å²) in [5.41, 5.74) is 0. The van der Waals surface area contributed by atoms with Crippen LogP contribution in [0, 0.1) is 6.57 Å². The molecule has 1 aromatic heterocycles. The number of halogens is 1. The van der Waals surface area contributed by atoms with E-state index in [2.05, 4.69) is 20.8 Å². The summed E-state index contributed by atoms with van der Waals surface area (Å²) in [6, 6.07) is 3.67. The van der Waals surface area contributed by atoms with Crippen molar-refractivity contribution in [1.82, 2.24) is 0 Å². The predicted octanol–water partition coefficient (Wildman–Crippen LogP) is 3.70. The molecule has 1 heterocycles. The van der Waals surface area contributed by atoms with Crippen molar-refractivity contribution >= 4 is 32.3 Å². The molecule has 0 saturated carbocycles. The number of rotatable bonds is 0. The van der Waals surface area contributed by atoms with Gasteiger partial charge in [0.1, 0.15) is 0 Å². The Morgan fingerprint density at radius 3 is 2.44 bits per heavy atom. The highest BCUT2D eigenvalue weighted by Gasteiger charge is 1.91. The lowest BCUT2D eigenvalue weighted by Gasteiger charge is -1.68. The molecule has 0 aliphatic heterocycles. The SMILES string of the molecule is C.[C-]#[N+]c1ccc(Br)s1. The maximum Gasteiger partial charge on any atom is 0.242 e. The van der Waals surface area contributed by atoms with Crippen LogP contribution in [0.4, 0.5) is 5.00 Å². The fourth-order valence-electron chi connectivity index (χ4n) is 0.365. The monoisotopic (exact) mass is 203 g/mol. The molecule has 48 valence electrons. The van der Waals surface area contributed by atoms with Crippen molar-refractivity contribution in [1.29, 1.82) is 0 Å². The highest BCUT2D eigenvalue weighted by Crippen LogP contribution is 2.28. The largest absolute Gasteiger partial charge is 0.242 e. The number of thiophene rings is 1. The lowest BCUT2D eigenvalue weighted by atomic mass is 10.6. The molecule has 1 nitrogen and oxygen atoms in total. The fraction of sp³-hybridized carbons (Fsp3) is 0.167. The van der Waals surface area contributed by atoms with Crippen molar-refractivity contribution in [2.45, 2.75) is 7.43 Å². The Bertz CT molecular complexity index is 223. The smallest absolute Gasteiger partial charge is 0.227 e. The van der Waals surface area contributed by atoms with Gasteiger partial charge in [-0.1, -0.05) is 7.43 Å². The third-order valence-electron chi connectivity index (χ3n) is 0.669. The standard InChI is InChI=1S/C5H2BrNS.CH4/c1-7-5-3-2-4(6)8-5;/h2-3H;1H4. The fourth-order valence-corrected chi connectivity index (χ4v) is 1.51. The Hall–Kier alpha value is -0.330. The Balaban J connectivity index is 0.000000640. The third-order valence-corrected chi connectivity index (χ3v) is 2.19. The number of hydrogen-bond donors (Lipinski definition) is 0. The van der Waals surface area contributed by atoms with E-state index in [9.17, 15) is 0 Å². The van der Waals surface area contributed by atoms with Gasteiger partial charge in [-0.3, -0.25) is 0 Å². The second-order valence-electron chi connectivity index (χ2n) is 1.19. The van der Waals surface area contributed by atoms with Crippen LogP contribution in [0.3, 0.4) is 0 Å². The molecule has 0 aliphatic carbocycles. The first-order valence-electron chi connectivity index (χ1n) is 1.96. The molecule has 0 amide bonds. The van der Waals surface area contributed by atoms with Gasteiger partial charge in [-0.05, 0) is 28.1 Å². The summed E-state index contributed by atoms with van der Waals surface area (Å²) in [6.45, 7) is 6.57. The molecule has 0 unspecified atom stereocenters. The van der Waals surface area contributed by atoms with Crippen LogP contribution in [-0.2, 0) is 0 Å². The molecule has 0 N–H and O–H groups in total. The second-order valence-corrected chi connectivity index (χ2v) is 3.63. The van der Waals surface area contributed by atoms with Gasteiger partial charge in [0.05, 0.1) is 10.4 Å². The van der Waals surface area contributed by atoms with Crippen molar-refractivity contribution in [2.75, 3.05) is 0 Å². The van der Waals surface area contributed by atoms with Crippen LogP contribution in [0.5, 0.6) is 0 Å². The van der Waals surface area contributed by atoms with Crippen LogP contribution in [0.1, 0.15) is 7.43 Å². The first-order chi connectivity index (χ1) is 3.83. The lowest BCUT2D eigenvalue weighted by Crippen LogP contribution is -1.30. The van der Waals surface area contributed by atoms with Crippen LogP contribution in [0.15, 0.2) is 15.9 Å². The molecule has 0 spiro atoms. The molecule has 0 aliphatic rings. The summed E-state index contributed by atoms with van der Waals surface area (Å²) in [6.07, 6.45) is 0. The highest BCUT2D eigenvalue weighted by molar-refractivity contribution is 9.11. The maximum atomic E-state index is 6.57. The first-order valence-corrected chi connectivity index (χ1v) is 3.56. The zero-order valence-electron chi connectivity index (χ0n) is 3.89. The van der Waals surface area contributed by atoms with E-state index in [-0.39, 0.29) is 7.43 Å². The molecule has 0 saturated heterocycles. The summed E-state index contributed by atoms with van der Waals surface area (Å²) >= 11 is 4.70. The van der Waals surface area contributed by atoms with Gasteiger partial charge in [-0.15, -0.1) is 11.3 Å². The van der Waals surface area contributed by atoms with Crippen molar-refractivity contribution in [3.63, 3.8) is 0 Å². The summed E-state index contributed by atoms with van der Waals surface area (Å²) < 4.78 is 1.02. The van der Waals surface area contributed by atoms with Gasteiger partial charge in [0.15, 0.2) is 0 Å². The quantitative estimate of drug-likeness (QED) is 0.567. The van der Waals surface area contributed by atoms with Crippen LogP contribution in [0.25, 0.3) is 4.85 Å². The zero-order chi connectivity index (χ0) is 5.98. The van der Waals surface area contributed by atoms with E-state index >= 15 is 0 Å². The zero-order valence-corrected chi connectivity index (χ0v) is 6.29. The molecule has 3 heteroatoms. The Labute approximate surface area is 67.3 Å². The van der Waals surface area contributed by atoms with Gasteiger partial charge in [0.2, 0.25) is 5.00 Å². The molecule has 1 aromatic rings. The summed E-state index contributed by atoms with van der Waals surface area (Å²) in [7, 11) is 0. The summed E-state index contributed by atoms with van der Waals surface area (Å²) in [5, 5.41) is 0.733. The van der Waals surface area contributed by atoms with Gasteiger partial charge in [0.25, 0.3) is 0 Å². The van der Waals surface area contributed by atoms with Crippen LogP contribution < -0.4 is 0 Å². The Morgan fingerprint density at radius 1 is 1.56 bits per heavy atom. The number of nitrogens with zero attached hydrogens (tertiary/aromatic N) is 1. The summed E-state index contributed by atoms with van der Waals surface area (Å²) in [4.78, 5) is 3.23. The molecule has 1 rings (SSSR count). The molecule has 9 heavy (non-hydrogen) atoms. The van der Waals surface area contributed by atoms with E-state index in [1.54, 1.807) is 6.07 Å². The van der Waals surface area contributed by atoms with Crippen molar-refractivity contribution in [3.8, 4) is 0 Å². The maximum absolute atomic E-state index is 6.57. The average molecular weight is 204 g/mol. The minimum Gasteiger partial charge on any atom is -0.227 e. The predicted molar refractivity (Wildman–Crippen MR) is 45.0 cm³/mol. The lowest BCUT2D eigenvalue weighted by molar-refractivity contribution is 1.95. The molecule has 0 bridgehead atoms. The minimum absolute atomic E-state index is 0. The Morgan fingerprint density at radius 2 is 2.22 bits per heavy atom. The molecule has 0 radical (unpaired) electrons. The molecule has 0 atom stereocenters. The van der Waals surface area contributed by atoms with E-state index in [4.69, 9.17) is 6.57 Å². The van der Waals surface area contributed by atoms with Crippen molar-refractivity contribution < 1.29 is 0 Å². The minimum atomic E-state index is 0. The average Bonchev–Trinajstić information content (AvgIpc) is 2.14. The van der Waals surface area contributed by atoms with Gasteiger partial charge >= 0.3 is 0 Å². The highest BCUT2D eigenvalue weighted by atomic mass is 79.9. The summed E-state index contributed by atoms with van der Waals surface area (Å²) in [5.74, 6) is 0. The van der Waals surface area contributed by atoms with Crippen molar-refractivity contribution in [3.05, 3.63) is 27.3 Å². The van der Waals surface area contributed by atoms with Gasteiger partial charge < -0.3 is 0 Å². The molecular weight excluding hydrogens is 198 g/mol. The van der Waals surface area contributed by atoms with E-state index < -0.39 is 0 Å². The van der Waals surface area contributed by atoms with E-state index in [1.807, 2.05) is 6.07 Å². The van der Waals surface area contributed by atoms with E-state index in [0.29, 0.717) is 0 Å². The van der Waals surface area contributed by atoms with Crippen LogP contribution in [0.2, 0.25) is 0 Å². The third kappa shape index (κ3) is 2.17. The second kappa shape index (κ2) is 3.65. The molecule has 0 fully saturated rings. The van der Waals surface area contributed by atoms with Gasteiger partial charge in [0, 0.05) is 0 Å². The van der Waals surface area contributed by atoms with E-state index in [0.717, 1.165) is 8.79 Å². The topological polar surface area (TPSA) is 4.36 Å². The Kier molecular flexibility index (Phi) is 3.52.